The van der Waals surface area contributed by atoms with E-state index in [0.29, 0.717) is 18.1 Å². The average molecular weight is 465 g/mol. The number of likely N-dealkylation sites (N-methyl/N-ethyl adjacent to an activating group) is 1. The Kier molecular flexibility index (Phi) is 8.30. The number of nitrogens with one attached hydrogen (secondary N) is 1. The Morgan fingerprint density at radius 2 is 1.85 bits per heavy atom. The normalized spacial score (nSPS) is 11.5. The van der Waals surface area contributed by atoms with Crippen molar-refractivity contribution in [2.24, 2.45) is 0 Å². The summed E-state index contributed by atoms with van der Waals surface area (Å²) in [6.07, 6.45) is 0. The van der Waals surface area contributed by atoms with Crippen molar-refractivity contribution >= 4 is 23.4 Å². The molecule has 3 aromatic rings. The van der Waals surface area contributed by atoms with Gasteiger partial charge in [-0.15, -0.1) is 11.8 Å². The van der Waals surface area contributed by atoms with E-state index in [1.807, 2.05) is 6.07 Å². The van der Waals surface area contributed by atoms with E-state index < -0.39 is 0 Å². The SMILES string of the molecule is CCN(CCNC(=O)c1ccc(CSc2cc(C(C)(C)C)ccc2C)o1)c1cccc(C)c1. The molecule has 0 unspecified atom stereocenters. The highest BCUT2D eigenvalue weighted by Crippen LogP contribution is 2.31. The van der Waals surface area contributed by atoms with Gasteiger partial charge in [-0.05, 0) is 73.2 Å². The number of amides is 1. The summed E-state index contributed by atoms with van der Waals surface area (Å²) in [5.74, 6) is 1.70. The molecule has 0 spiro atoms. The van der Waals surface area contributed by atoms with Crippen LogP contribution in [0.25, 0.3) is 0 Å². The molecule has 33 heavy (non-hydrogen) atoms. The minimum Gasteiger partial charge on any atom is -0.455 e. The van der Waals surface area contributed by atoms with Gasteiger partial charge in [0.15, 0.2) is 5.76 Å². The Labute approximate surface area is 202 Å². The van der Waals surface area contributed by atoms with Crippen molar-refractivity contribution in [3.05, 3.63) is 82.8 Å². The number of furan rings is 1. The summed E-state index contributed by atoms with van der Waals surface area (Å²) in [7, 11) is 0. The lowest BCUT2D eigenvalue weighted by Crippen LogP contribution is -2.34. The van der Waals surface area contributed by atoms with Crippen molar-refractivity contribution in [3.8, 4) is 0 Å². The van der Waals surface area contributed by atoms with Crippen LogP contribution >= 0.6 is 11.8 Å². The van der Waals surface area contributed by atoms with E-state index in [4.69, 9.17) is 4.42 Å². The van der Waals surface area contributed by atoms with E-state index in [9.17, 15) is 4.79 Å². The second-order valence-electron chi connectivity index (χ2n) is 9.46. The minimum atomic E-state index is -0.169. The number of carbonyl (C=O) groups excluding carboxylic acids is 1. The highest BCUT2D eigenvalue weighted by molar-refractivity contribution is 7.98. The molecule has 0 bridgehead atoms. The second kappa shape index (κ2) is 11.0. The molecule has 0 radical (unpaired) electrons. The van der Waals surface area contributed by atoms with Gasteiger partial charge in [-0.25, -0.2) is 0 Å². The van der Waals surface area contributed by atoms with Gasteiger partial charge in [0, 0.05) is 30.2 Å². The second-order valence-corrected chi connectivity index (χ2v) is 10.5. The van der Waals surface area contributed by atoms with Crippen LogP contribution in [0.3, 0.4) is 0 Å². The van der Waals surface area contributed by atoms with Crippen molar-refractivity contribution in [1.82, 2.24) is 5.32 Å². The summed E-state index contributed by atoms with van der Waals surface area (Å²) in [5, 5.41) is 2.99. The van der Waals surface area contributed by atoms with Crippen molar-refractivity contribution in [1.29, 1.82) is 0 Å². The Morgan fingerprint density at radius 1 is 1.06 bits per heavy atom. The molecule has 1 heterocycles. The molecular weight excluding hydrogens is 428 g/mol. The van der Waals surface area contributed by atoms with Crippen molar-refractivity contribution in [3.63, 3.8) is 0 Å². The summed E-state index contributed by atoms with van der Waals surface area (Å²) in [6.45, 7) is 15.2. The maximum absolute atomic E-state index is 12.6. The van der Waals surface area contributed by atoms with Gasteiger partial charge in [0.25, 0.3) is 5.91 Å². The van der Waals surface area contributed by atoms with Crippen LogP contribution in [0.15, 0.2) is 63.9 Å². The number of thioether (sulfide) groups is 1. The summed E-state index contributed by atoms with van der Waals surface area (Å²) in [6, 6.07) is 18.7. The molecule has 0 atom stereocenters. The zero-order valence-electron chi connectivity index (χ0n) is 20.7. The molecular formula is C28H36N2O2S. The standard InChI is InChI=1S/C28H36N2O2S/c1-7-30(23-10-8-9-20(2)17-23)16-15-29-27(31)25-14-13-24(32-25)19-33-26-18-22(28(4,5)6)12-11-21(26)3/h8-14,17-18H,7,15-16,19H2,1-6H3,(H,29,31). The smallest absolute Gasteiger partial charge is 0.287 e. The number of carbonyl (C=O) groups is 1. The minimum absolute atomic E-state index is 0.117. The summed E-state index contributed by atoms with van der Waals surface area (Å²) in [5.41, 5.74) is 5.10. The first-order valence-electron chi connectivity index (χ1n) is 11.6. The molecule has 0 fully saturated rings. The van der Waals surface area contributed by atoms with Gasteiger partial charge in [0.05, 0.1) is 5.75 Å². The van der Waals surface area contributed by atoms with Crippen LogP contribution in [0.4, 0.5) is 5.69 Å². The fraction of sp³-hybridized carbons (Fsp3) is 0.393. The molecule has 0 aliphatic heterocycles. The molecule has 0 saturated heterocycles. The average Bonchev–Trinajstić information content (AvgIpc) is 3.24. The van der Waals surface area contributed by atoms with E-state index in [0.717, 1.165) is 18.8 Å². The van der Waals surface area contributed by atoms with Gasteiger partial charge < -0.3 is 14.6 Å². The largest absolute Gasteiger partial charge is 0.455 e. The quantitative estimate of drug-likeness (QED) is 0.356. The molecule has 4 nitrogen and oxygen atoms in total. The lowest BCUT2D eigenvalue weighted by atomic mass is 9.87. The van der Waals surface area contributed by atoms with Gasteiger partial charge in [-0.2, -0.15) is 0 Å². The van der Waals surface area contributed by atoms with Gasteiger partial charge in [-0.1, -0.05) is 45.0 Å². The number of benzene rings is 2. The third kappa shape index (κ3) is 6.91. The number of nitrogens with zero attached hydrogens (tertiary/aromatic N) is 1. The van der Waals surface area contributed by atoms with Gasteiger partial charge >= 0.3 is 0 Å². The molecule has 0 saturated carbocycles. The Bertz CT molecular complexity index is 1080. The highest BCUT2D eigenvalue weighted by Gasteiger charge is 2.16. The molecule has 1 amide bonds. The van der Waals surface area contributed by atoms with Crippen LogP contribution in [-0.4, -0.2) is 25.5 Å². The number of rotatable bonds is 9. The maximum atomic E-state index is 12.6. The first kappa shape index (κ1) is 25.0. The maximum Gasteiger partial charge on any atom is 0.287 e. The van der Waals surface area contributed by atoms with Gasteiger partial charge in [-0.3, -0.25) is 4.79 Å². The number of hydrogen-bond acceptors (Lipinski definition) is 4. The number of anilines is 1. The number of aryl methyl sites for hydroxylation is 2. The highest BCUT2D eigenvalue weighted by atomic mass is 32.2. The third-order valence-electron chi connectivity index (χ3n) is 5.73. The Hall–Kier alpha value is -2.66. The van der Waals surface area contributed by atoms with E-state index in [-0.39, 0.29) is 11.3 Å². The van der Waals surface area contributed by atoms with E-state index >= 15 is 0 Å². The third-order valence-corrected chi connectivity index (χ3v) is 6.91. The van der Waals surface area contributed by atoms with Gasteiger partial charge in [0.2, 0.25) is 0 Å². The number of hydrogen-bond donors (Lipinski definition) is 1. The summed E-state index contributed by atoms with van der Waals surface area (Å²) >= 11 is 1.75. The van der Waals surface area contributed by atoms with Crippen LogP contribution in [-0.2, 0) is 11.2 Å². The van der Waals surface area contributed by atoms with Crippen molar-refractivity contribution in [2.45, 2.75) is 57.6 Å². The van der Waals surface area contributed by atoms with E-state index in [1.54, 1.807) is 17.8 Å². The van der Waals surface area contributed by atoms with Crippen molar-refractivity contribution < 1.29 is 9.21 Å². The fourth-order valence-corrected chi connectivity index (χ4v) is 4.59. The molecule has 0 aliphatic carbocycles. The summed E-state index contributed by atoms with van der Waals surface area (Å²) < 4.78 is 5.84. The monoisotopic (exact) mass is 464 g/mol. The molecule has 0 aliphatic rings. The first-order chi connectivity index (χ1) is 15.7. The van der Waals surface area contributed by atoms with Crippen LogP contribution in [0.2, 0.25) is 0 Å². The van der Waals surface area contributed by atoms with Crippen molar-refractivity contribution in [2.75, 3.05) is 24.5 Å². The summed E-state index contributed by atoms with van der Waals surface area (Å²) in [4.78, 5) is 16.1. The van der Waals surface area contributed by atoms with Crippen LogP contribution in [0.1, 0.15) is 60.7 Å². The Balaban J connectivity index is 1.53. The molecule has 5 heteroatoms. The van der Waals surface area contributed by atoms with Gasteiger partial charge in [0.1, 0.15) is 5.76 Å². The molecule has 1 N–H and O–H groups in total. The zero-order valence-corrected chi connectivity index (χ0v) is 21.5. The topological polar surface area (TPSA) is 45.5 Å². The van der Waals surface area contributed by atoms with E-state index in [2.05, 4.69) is 94.2 Å². The first-order valence-corrected chi connectivity index (χ1v) is 12.6. The molecule has 3 rings (SSSR count). The molecule has 2 aromatic carbocycles. The molecule has 176 valence electrons. The lowest BCUT2D eigenvalue weighted by molar-refractivity contribution is 0.0925. The zero-order chi connectivity index (χ0) is 24.0. The van der Waals surface area contributed by atoms with Crippen LogP contribution in [0.5, 0.6) is 0 Å². The van der Waals surface area contributed by atoms with E-state index in [1.165, 1.54) is 27.3 Å². The lowest BCUT2D eigenvalue weighted by Gasteiger charge is -2.23. The fourth-order valence-electron chi connectivity index (χ4n) is 3.63. The molecule has 1 aromatic heterocycles. The predicted octanol–water partition coefficient (Wildman–Crippen LogP) is 6.74. The van der Waals surface area contributed by atoms with Crippen LogP contribution < -0.4 is 10.2 Å². The predicted molar refractivity (Wildman–Crippen MR) is 140 cm³/mol. The van der Waals surface area contributed by atoms with Crippen LogP contribution in [0, 0.1) is 13.8 Å². The Morgan fingerprint density at radius 3 is 2.55 bits per heavy atom.